The summed E-state index contributed by atoms with van der Waals surface area (Å²) < 4.78 is 27.0. The first-order valence-electron chi connectivity index (χ1n) is 18.7. The lowest BCUT2D eigenvalue weighted by Crippen LogP contribution is -2.55. The van der Waals surface area contributed by atoms with Gasteiger partial charge in [-0.25, -0.2) is 4.39 Å². The van der Waals surface area contributed by atoms with Gasteiger partial charge in [-0.05, 0) is 67.9 Å². The van der Waals surface area contributed by atoms with Crippen molar-refractivity contribution in [3.8, 4) is 12.1 Å². The maximum absolute atomic E-state index is 14.0. The van der Waals surface area contributed by atoms with Crippen LogP contribution in [-0.4, -0.2) is 98.6 Å². The first-order chi connectivity index (χ1) is 24.8. The molecule has 0 spiro atoms. The molecule has 2 atom stereocenters. The van der Waals surface area contributed by atoms with E-state index < -0.39 is 26.1 Å². The fraction of sp³-hybridized carbons (Fsp3) is 0.550. The van der Waals surface area contributed by atoms with Crippen molar-refractivity contribution in [3.05, 3.63) is 65.6 Å². The highest BCUT2D eigenvalue weighted by Crippen LogP contribution is 2.38. The zero-order valence-corrected chi connectivity index (χ0v) is 32.8. The van der Waals surface area contributed by atoms with Crippen molar-refractivity contribution in [2.75, 3.05) is 62.3 Å². The van der Waals surface area contributed by atoms with Gasteiger partial charge in [0.1, 0.15) is 12.4 Å². The number of piperazine rings is 1. The molecule has 0 aliphatic carbocycles. The maximum atomic E-state index is 14.0. The summed E-state index contributed by atoms with van der Waals surface area (Å²) in [6.07, 6.45) is 2.95. The zero-order valence-electron chi connectivity index (χ0n) is 31.8. The van der Waals surface area contributed by atoms with Crippen LogP contribution in [0.1, 0.15) is 56.9 Å². The Labute approximate surface area is 309 Å². The number of hydrogen-bond donors (Lipinski definition) is 0. The smallest absolute Gasteiger partial charge is 0.318 e. The lowest BCUT2D eigenvalue weighted by Gasteiger charge is -2.42. The van der Waals surface area contributed by atoms with Crippen LogP contribution in [0.2, 0.25) is 18.1 Å². The Morgan fingerprint density at radius 2 is 1.85 bits per heavy atom. The van der Waals surface area contributed by atoms with Crippen LogP contribution in [0.3, 0.4) is 0 Å². The largest absolute Gasteiger partial charge is 0.462 e. The predicted molar refractivity (Wildman–Crippen MR) is 207 cm³/mol. The maximum Gasteiger partial charge on any atom is 0.318 e. The third-order valence-corrected chi connectivity index (χ3v) is 16.1. The number of nitriles is 1. The van der Waals surface area contributed by atoms with Crippen LogP contribution in [0.25, 0.3) is 10.8 Å². The van der Waals surface area contributed by atoms with Gasteiger partial charge in [0, 0.05) is 62.0 Å². The van der Waals surface area contributed by atoms with Crippen molar-refractivity contribution in [1.82, 2.24) is 19.8 Å². The summed E-state index contributed by atoms with van der Waals surface area (Å²) >= 11 is 0. The highest BCUT2D eigenvalue weighted by Gasteiger charge is 2.38. The van der Waals surface area contributed by atoms with Gasteiger partial charge < -0.3 is 23.9 Å². The molecule has 278 valence electrons. The molecule has 3 aliphatic heterocycles. The Hall–Kier alpha value is -4.05. The number of fused-ring (bicyclic) bond motifs is 2. The lowest BCUT2D eigenvalue weighted by molar-refractivity contribution is -0.131. The Morgan fingerprint density at radius 3 is 2.58 bits per heavy atom. The van der Waals surface area contributed by atoms with Gasteiger partial charge in [0.15, 0.2) is 14.1 Å². The van der Waals surface area contributed by atoms with E-state index in [0.29, 0.717) is 38.9 Å². The van der Waals surface area contributed by atoms with Crippen molar-refractivity contribution in [1.29, 1.82) is 5.26 Å². The Morgan fingerprint density at radius 1 is 1.08 bits per heavy atom. The first-order valence-corrected chi connectivity index (χ1v) is 21.6. The van der Waals surface area contributed by atoms with Gasteiger partial charge >= 0.3 is 6.01 Å². The van der Waals surface area contributed by atoms with Crippen LogP contribution < -0.4 is 14.5 Å². The number of rotatable bonds is 11. The molecule has 4 heterocycles. The van der Waals surface area contributed by atoms with Crippen molar-refractivity contribution in [2.24, 2.45) is 0 Å². The van der Waals surface area contributed by atoms with Gasteiger partial charge in [0.05, 0.1) is 30.8 Å². The van der Waals surface area contributed by atoms with E-state index in [1.54, 1.807) is 0 Å². The molecule has 2 aromatic carbocycles. The fourth-order valence-electron chi connectivity index (χ4n) is 7.62. The molecule has 3 aliphatic rings. The van der Waals surface area contributed by atoms with Crippen LogP contribution in [0.4, 0.5) is 15.9 Å². The molecule has 2 unspecified atom stereocenters. The van der Waals surface area contributed by atoms with E-state index in [9.17, 15) is 14.4 Å². The fourth-order valence-corrected chi connectivity index (χ4v) is 8.66. The average molecular weight is 728 g/mol. The number of nitrogens with zero attached hydrogens (tertiary/aromatic N) is 7. The lowest BCUT2D eigenvalue weighted by atomic mass is 9.99. The molecule has 2 fully saturated rings. The zero-order chi connectivity index (χ0) is 37.2. The third-order valence-electron chi connectivity index (χ3n) is 11.6. The van der Waals surface area contributed by atoms with Crippen molar-refractivity contribution in [2.45, 2.75) is 90.1 Å². The quantitative estimate of drug-likeness (QED) is 0.156. The molecular weight excluding hydrogens is 674 g/mol. The molecule has 52 heavy (non-hydrogen) atoms. The molecule has 10 nitrogen and oxygen atoms in total. The standard InChI is InChI=1S/C40H54FN7O3Si/c1-28-11-8-12-30-13-9-15-35(36(28)30)46-20-17-33-34(26-46)43-39(44-37(33)47-21-22-48(38(49)29(2)41)31(25-47)16-18-42)50-27-32-14-10-19-45(32)23-24-51-52(6,7)40(3,4)5/h8-9,11-13,15,31-32H,2,10,14,16-17,19-27H2,1,3-7H3. The molecule has 6 rings (SSSR count). The van der Waals surface area contributed by atoms with Gasteiger partial charge in [0.2, 0.25) is 0 Å². The number of likely N-dealkylation sites (tertiary alicyclic amines) is 1. The van der Waals surface area contributed by atoms with Gasteiger partial charge in [-0.3, -0.25) is 9.69 Å². The number of hydrogen-bond acceptors (Lipinski definition) is 9. The summed E-state index contributed by atoms with van der Waals surface area (Å²) in [6, 6.07) is 15.1. The number of aromatic nitrogens is 2. The minimum Gasteiger partial charge on any atom is -0.462 e. The molecular formula is C40H54FN7O3Si. The molecule has 12 heteroatoms. The van der Waals surface area contributed by atoms with Crippen molar-refractivity contribution < 1.29 is 18.3 Å². The summed E-state index contributed by atoms with van der Waals surface area (Å²) in [5.41, 5.74) is 4.37. The molecule has 1 aromatic heterocycles. The van der Waals surface area contributed by atoms with Crippen LogP contribution in [0.5, 0.6) is 6.01 Å². The SMILES string of the molecule is C=C(F)C(=O)N1CCN(c2nc(OCC3CCCN3CCO[Si](C)(C)C(C)(C)C)nc3c2CCN(c2cccc4cccc(C)c24)C3)CC1CC#N. The monoisotopic (exact) mass is 727 g/mol. The van der Waals surface area contributed by atoms with E-state index in [4.69, 9.17) is 19.1 Å². The van der Waals surface area contributed by atoms with E-state index in [-0.39, 0.29) is 24.0 Å². The van der Waals surface area contributed by atoms with Crippen LogP contribution in [0, 0.1) is 18.3 Å². The number of amides is 1. The molecule has 0 N–H and O–H groups in total. The van der Waals surface area contributed by atoms with Crippen molar-refractivity contribution >= 4 is 36.5 Å². The summed E-state index contributed by atoms with van der Waals surface area (Å²) in [6.45, 7) is 22.3. The highest BCUT2D eigenvalue weighted by molar-refractivity contribution is 6.74. The topological polar surface area (TPSA) is 98.1 Å². The molecule has 0 saturated carbocycles. The van der Waals surface area contributed by atoms with Gasteiger partial charge in [-0.2, -0.15) is 15.2 Å². The summed E-state index contributed by atoms with van der Waals surface area (Å²) in [4.78, 5) is 31.2. The normalized spacial score (nSPS) is 19.8. The van der Waals surface area contributed by atoms with Gasteiger partial charge in [0.25, 0.3) is 5.91 Å². The number of halogens is 1. The van der Waals surface area contributed by atoms with Crippen LogP contribution in [0.15, 0.2) is 48.8 Å². The molecule has 1 amide bonds. The highest BCUT2D eigenvalue weighted by atomic mass is 28.4. The molecule has 0 bridgehead atoms. The number of ether oxygens (including phenoxy) is 1. The molecule has 3 aromatic rings. The Balaban J connectivity index is 1.26. The number of benzene rings is 2. The van der Waals surface area contributed by atoms with E-state index in [2.05, 4.69) is 105 Å². The summed E-state index contributed by atoms with van der Waals surface area (Å²) in [5.74, 6) is -0.998. The first kappa shape index (κ1) is 37.7. The van der Waals surface area contributed by atoms with Crippen LogP contribution in [-0.2, 0) is 22.2 Å². The average Bonchev–Trinajstić information content (AvgIpc) is 3.56. The number of carbonyl (C=O) groups excluding carboxylic acids is 1. The Kier molecular flexibility index (Phi) is 11.2. The minimum atomic E-state index is -1.83. The van der Waals surface area contributed by atoms with E-state index in [0.717, 1.165) is 56.0 Å². The minimum absolute atomic E-state index is 0.0804. The second kappa shape index (κ2) is 15.5. The predicted octanol–water partition coefficient (Wildman–Crippen LogP) is 6.78. The van der Waals surface area contributed by atoms with Gasteiger partial charge in [-0.15, -0.1) is 0 Å². The molecule has 0 radical (unpaired) electrons. The second-order valence-corrected chi connectivity index (χ2v) is 20.8. The second-order valence-electron chi connectivity index (χ2n) is 16.0. The number of carbonyl (C=O) groups is 1. The summed E-state index contributed by atoms with van der Waals surface area (Å²) in [7, 11) is -1.83. The van der Waals surface area contributed by atoms with Gasteiger partial charge in [-0.1, -0.05) is 57.7 Å². The number of anilines is 2. The van der Waals surface area contributed by atoms with Crippen LogP contribution >= 0.6 is 0 Å². The van der Waals surface area contributed by atoms with E-state index >= 15 is 0 Å². The molecule has 2 saturated heterocycles. The van der Waals surface area contributed by atoms with Crippen molar-refractivity contribution in [3.63, 3.8) is 0 Å². The van der Waals surface area contributed by atoms with E-state index in [1.807, 2.05) is 0 Å². The third kappa shape index (κ3) is 7.97. The Bertz CT molecular complexity index is 1830. The number of aryl methyl sites for hydroxylation is 1. The summed E-state index contributed by atoms with van der Waals surface area (Å²) in [5, 5.41) is 12.2. The van der Waals surface area contributed by atoms with E-state index in [1.165, 1.54) is 26.9 Å².